The van der Waals surface area contributed by atoms with Crippen molar-refractivity contribution in [2.45, 2.75) is 13.8 Å². The predicted molar refractivity (Wildman–Crippen MR) is 93.5 cm³/mol. The Balaban J connectivity index is 1.70. The van der Waals surface area contributed by atoms with Crippen LogP contribution in [0.4, 0.5) is 0 Å². The van der Waals surface area contributed by atoms with Crippen molar-refractivity contribution in [3.63, 3.8) is 0 Å². The van der Waals surface area contributed by atoms with Crippen LogP contribution in [0.15, 0.2) is 64.1 Å². The molecule has 0 spiro atoms. The molecule has 1 aromatic heterocycles. The summed E-state index contributed by atoms with van der Waals surface area (Å²) < 4.78 is 10.9. The quantitative estimate of drug-likeness (QED) is 0.571. The van der Waals surface area contributed by atoms with Crippen molar-refractivity contribution >= 4 is 22.6 Å². The molecule has 0 saturated heterocycles. The van der Waals surface area contributed by atoms with Crippen LogP contribution in [0.1, 0.15) is 30.0 Å². The molecule has 1 heterocycles. The van der Waals surface area contributed by atoms with Crippen LogP contribution in [0.3, 0.4) is 0 Å². The Morgan fingerprint density at radius 2 is 1.92 bits per heavy atom. The zero-order chi connectivity index (χ0) is 16.9. The lowest BCUT2D eigenvalue weighted by Crippen LogP contribution is -2.18. The molecule has 3 aromatic rings. The second-order valence-corrected chi connectivity index (χ2v) is 5.24. The Morgan fingerprint density at radius 3 is 2.62 bits per heavy atom. The molecule has 122 valence electrons. The van der Waals surface area contributed by atoms with Gasteiger partial charge in [-0.25, -0.2) is 5.43 Å². The zero-order valence-corrected chi connectivity index (χ0v) is 13.6. The number of hydrogen-bond donors (Lipinski definition) is 1. The molecule has 2 aromatic carbocycles. The van der Waals surface area contributed by atoms with Gasteiger partial charge in [-0.2, -0.15) is 5.10 Å². The number of carbonyl (C=O) groups is 1. The number of para-hydroxylation sites is 1. The maximum Gasteiger partial charge on any atom is 0.307 e. The van der Waals surface area contributed by atoms with Gasteiger partial charge < -0.3 is 9.15 Å². The van der Waals surface area contributed by atoms with Gasteiger partial charge >= 0.3 is 5.91 Å². The number of ether oxygens (including phenoxy) is 1. The van der Waals surface area contributed by atoms with Crippen LogP contribution < -0.4 is 10.2 Å². The molecule has 0 aliphatic heterocycles. The molecule has 0 bridgehead atoms. The normalized spacial score (nSPS) is 11.5. The first-order valence-corrected chi connectivity index (χ1v) is 7.74. The summed E-state index contributed by atoms with van der Waals surface area (Å²) in [6.45, 7) is 4.39. The third-order valence-electron chi connectivity index (χ3n) is 3.56. The molecular weight excluding hydrogens is 304 g/mol. The van der Waals surface area contributed by atoms with E-state index in [-0.39, 0.29) is 11.7 Å². The van der Waals surface area contributed by atoms with Gasteiger partial charge in [0.2, 0.25) is 0 Å². The number of rotatable bonds is 5. The number of amides is 1. The van der Waals surface area contributed by atoms with E-state index in [4.69, 9.17) is 9.15 Å². The van der Waals surface area contributed by atoms with Gasteiger partial charge in [-0.05, 0) is 55.8 Å². The smallest absolute Gasteiger partial charge is 0.307 e. The topological polar surface area (TPSA) is 63.8 Å². The van der Waals surface area contributed by atoms with Gasteiger partial charge in [0.05, 0.1) is 12.3 Å². The summed E-state index contributed by atoms with van der Waals surface area (Å²) in [5.41, 5.74) is 4.80. The molecule has 5 heteroatoms. The summed E-state index contributed by atoms with van der Waals surface area (Å²) in [4.78, 5) is 12.2. The predicted octanol–water partition coefficient (Wildman–Crippen LogP) is 3.99. The maximum absolute atomic E-state index is 12.2. The Hall–Kier alpha value is -3.08. The molecule has 0 aliphatic carbocycles. The van der Waals surface area contributed by atoms with Gasteiger partial charge in [0.1, 0.15) is 11.3 Å². The number of nitrogens with one attached hydrogen (secondary N) is 1. The first kappa shape index (κ1) is 15.8. The molecule has 1 amide bonds. The summed E-state index contributed by atoms with van der Waals surface area (Å²) in [5.74, 6) is 0.663. The molecule has 0 unspecified atom stereocenters. The van der Waals surface area contributed by atoms with Gasteiger partial charge in [0.15, 0.2) is 5.76 Å². The summed E-state index contributed by atoms with van der Waals surface area (Å²) in [6, 6.07) is 16.7. The van der Waals surface area contributed by atoms with Crippen LogP contribution in [0, 0.1) is 0 Å². The fourth-order valence-corrected chi connectivity index (χ4v) is 2.31. The Kier molecular flexibility index (Phi) is 4.61. The van der Waals surface area contributed by atoms with Crippen molar-refractivity contribution in [3.05, 3.63) is 65.9 Å². The lowest BCUT2D eigenvalue weighted by atomic mass is 10.1. The molecule has 3 rings (SSSR count). The van der Waals surface area contributed by atoms with E-state index in [1.807, 2.05) is 62.4 Å². The van der Waals surface area contributed by atoms with Crippen LogP contribution in [0.25, 0.3) is 11.0 Å². The average Bonchev–Trinajstić information content (AvgIpc) is 3.04. The van der Waals surface area contributed by atoms with Crippen molar-refractivity contribution in [1.82, 2.24) is 5.43 Å². The van der Waals surface area contributed by atoms with Gasteiger partial charge in [-0.15, -0.1) is 0 Å². The van der Waals surface area contributed by atoms with Gasteiger partial charge in [-0.1, -0.05) is 18.2 Å². The van der Waals surface area contributed by atoms with Gasteiger partial charge in [0.25, 0.3) is 0 Å². The molecule has 0 radical (unpaired) electrons. The van der Waals surface area contributed by atoms with Crippen molar-refractivity contribution < 1.29 is 13.9 Å². The summed E-state index contributed by atoms with van der Waals surface area (Å²) in [6.07, 6.45) is 0. The number of hydrogen-bond acceptors (Lipinski definition) is 4. The van der Waals surface area contributed by atoms with Gasteiger partial charge in [-0.3, -0.25) is 4.79 Å². The minimum Gasteiger partial charge on any atom is -0.494 e. The van der Waals surface area contributed by atoms with Crippen molar-refractivity contribution in [1.29, 1.82) is 0 Å². The lowest BCUT2D eigenvalue weighted by Gasteiger charge is -2.05. The molecule has 0 aliphatic rings. The number of furan rings is 1. The minimum absolute atomic E-state index is 0.236. The summed E-state index contributed by atoms with van der Waals surface area (Å²) in [5, 5.41) is 5.02. The van der Waals surface area contributed by atoms with Crippen molar-refractivity contribution in [2.75, 3.05) is 6.61 Å². The van der Waals surface area contributed by atoms with E-state index in [0.29, 0.717) is 17.9 Å². The van der Waals surface area contributed by atoms with E-state index in [9.17, 15) is 4.79 Å². The minimum atomic E-state index is -0.378. The highest BCUT2D eigenvalue weighted by Crippen LogP contribution is 2.18. The van der Waals surface area contributed by atoms with Crippen molar-refractivity contribution in [2.24, 2.45) is 5.10 Å². The number of carbonyl (C=O) groups excluding carboxylic acids is 1. The molecule has 5 nitrogen and oxygen atoms in total. The van der Waals surface area contributed by atoms with Crippen LogP contribution in [0.5, 0.6) is 5.75 Å². The lowest BCUT2D eigenvalue weighted by molar-refractivity contribution is 0.0929. The molecule has 0 atom stereocenters. The Morgan fingerprint density at radius 1 is 1.17 bits per heavy atom. The summed E-state index contributed by atoms with van der Waals surface area (Å²) in [7, 11) is 0. The van der Waals surface area contributed by atoms with Crippen LogP contribution >= 0.6 is 0 Å². The molecule has 24 heavy (non-hydrogen) atoms. The van der Waals surface area contributed by atoms with Crippen molar-refractivity contribution in [3.8, 4) is 5.75 Å². The number of benzene rings is 2. The van der Waals surface area contributed by atoms with Crippen LogP contribution in [-0.2, 0) is 0 Å². The highest BCUT2D eigenvalue weighted by atomic mass is 16.5. The standard InChI is InChI=1S/C19H18N2O3/c1-3-23-16-10-8-14(9-11-16)13(2)20-21-19(22)18-12-15-6-4-5-7-17(15)24-18/h4-12H,3H2,1-2H3,(H,21,22)/b20-13+. The third kappa shape index (κ3) is 3.46. The van der Waals surface area contributed by atoms with E-state index in [0.717, 1.165) is 16.7 Å². The highest BCUT2D eigenvalue weighted by Gasteiger charge is 2.11. The molecule has 0 saturated carbocycles. The second kappa shape index (κ2) is 7.00. The monoisotopic (exact) mass is 322 g/mol. The SMILES string of the molecule is CCOc1ccc(/C(C)=N/NC(=O)c2cc3ccccc3o2)cc1. The number of hydrazone groups is 1. The first-order valence-electron chi connectivity index (χ1n) is 7.74. The molecular formula is C19H18N2O3. The fraction of sp³-hybridized carbons (Fsp3) is 0.158. The maximum atomic E-state index is 12.2. The third-order valence-corrected chi connectivity index (χ3v) is 3.56. The van der Waals surface area contributed by atoms with Crippen LogP contribution in [-0.4, -0.2) is 18.2 Å². The first-order chi connectivity index (χ1) is 11.7. The summed E-state index contributed by atoms with van der Waals surface area (Å²) >= 11 is 0. The highest BCUT2D eigenvalue weighted by molar-refractivity contribution is 6.01. The van der Waals surface area contributed by atoms with E-state index in [2.05, 4.69) is 10.5 Å². The van der Waals surface area contributed by atoms with E-state index < -0.39 is 0 Å². The molecule has 0 fully saturated rings. The Labute approximate surface area is 139 Å². The van der Waals surface area contributed by atoms with Gasteiger partial charge in [0, 0.05) is 5.39 Å². The fourth-order valence-electron chi connectivity index (χ4n) is 2.31. The average molecular weight is 322 g/mol. The van der Waals surface area contributed by atoms with E-state index >= 15 is 0 Å². The van der Waals surface area contributed by atoms with E-state index in [1.165, 1.54) is 0 Å². The zero-order valence-electron chi connectivity index (χ0n) is 13.6. The number of fused-ring (bicyclic) bond motifs is 1. The second-order valence-electron chi connectivity index (χ2n) is 5.24. The Bertz CT molecular complexity index is 846. The van der Waals surface area contributed by atoms with Crippen LogP contribution in [0.2, 0.25) is 0 Å². The number of nitrogens with zero attached hydrogens (tertiary/aromatic N) is 1. The largest absolute Gasteiger partial charge is 0.494 e. The molecule has 1 N–H and O–H groups in total. The van der Waals surface area contributed by atoms with E-state index in [1.54, 1.807) is 6.07 Å².